The van der Waals surface area contributed by atoms with Gasteiger partial charge in [0.15, 0.2) is 0 Å². The number of benzene rings is 1. The summed E-state index contributed by atoms with van der Waals surface area (Å²) in [5.41, 5.74) is -2.78. The molecule has 0 saturated carbocycles. The number of alkyl halides is 6. The lowest BCUT2D eigenvalue weighted by molar-refractivity contribution is -0.143. The third kappa shape index (κ3) is 5.44. The smallest absolute Gasteiger partial charge is 0.351 e. The molecular formula is C21H20F6N6. The van der Waals surface area contributed by atoms with Gasteiger partial charge in [0.25, 0.3) is 0 Å². The fourth-order valence-corrected chi connectivity index (χ4v) is 3.63. The molecule has 0 spiro atoms. The van der Waals surface area contributed by atoms with Gasteiger partial charge in [-0.25, -0.2) is 4.98 Å². The Morgan fingerprint density at radius 1 is 0.939 bits per heavy atom. The Morgan fingerprint density at radius 2 is 1.58 bits per heavy atom. The van der Waals surface area contributed by atoms with Crippen LogP contribution in [0.4, 0.5) is 43.8 Å². The SMILES string of the molecule is CN1CCC(Nc2nc(Nc3cc(C(F)(F)F)cc(C(F)(F)F)c3)c3cnccc3n2)CC1. The second-order valence-electron chi connectivity index (χ2n) is 7.93. The Bertz CT molecular complexity index is 1110. The number of hydrogen-bond donors (Lipinski definition) is 2. The molecule has 0 amide bonds. The van der Waals surface area contributed by atoms with Crippen molar-refractivity contribution < 1.29 is 26.3 Å². The standard InChI is InChI=1S/C21H20F6N6/c1-33-6-3-14(4-7-33)30-19-31-17-2-5-28-11-16(17)18(32-19)29-15-9-12(20(22,23)24)8-13(10-15)21(25,26)27/h2,5,8-11,14H,3-4,6-7H2,1H3,(H2,29,30,31,32). The fraction of sp³-hybridized carbons (Fsp3) is 0.381. The number of nitrogens with one attached hydrogen (secondary N) is 2. The summed E-state index contributed by atoms with van der Waals surface area (Å²) >= 11 is 0. The van der Waals surface area contributed by atoms with Gasteiger partial charge < -0.3 is 15.5 Å². The first-order valence-electron chi connectivity index (χ1n) is 10.1. The van der Waals surface area contributed by atoms with Gasteiger partial charge in [-0.05, 0) is 57.2 Å². The minimum atomic E-state index is -4.95. The molecule has 1 aliphatic heterocycles. The highest BCUT2D eigenvalue weighted by Gasteiger charge is 2.37. The van der Waals surface area contributed by atoms with Crippen molar-refractivity contribution in [1.29, 1.82) is 0 Å². The molecule has 2 aromatic heterocycles. The lowest BCUT2D eigenvalue weighted by Crippen LogP contribution is -2.37. The van der Waals surface area contributed by atoms with E-state index in [9.17, 15) is 26.3 Å². The van der Waals surface area contributed by atoms with E-state index in [1.165, 1.54) is 12.4 Å². The van der Waals surface area contributed by atoms with Gasteiger partial charge in [0.2, 0.25) is 5.95 Å². The van der Waals surface area contributed by atoms with Crippen molar-refractivity contribution in [3.05, 3.63) is 47.8 Å². The molecule has 1 aromatic carbocycles. The third-order valence-corrected chi connectivity index (χ3v) is 5.40. The molecule has 6 nitrogen and oxygen atoms in total. The van der Waals surface area contributed by atoms with E-state index in [2.05, 4.69) is 30.5 Å². The highest BCUT2D eigenvalue weighted by atomic mass is 19.4. The van der Waals surface area contributed by atoms with E-state index in [4.69, 9.17) is 0 Å². The Hall–Kier alpha value is -3.15. The van der Waals surface area contributed by atoms with Crippen molar-refractivity contribution in [2.24, 2.45) is 0 Å². The van der Waals surface area contributed by atoms with Crippen molar-refractivity contribution in [2.75, 3.05) is 30.8 Å². The lowest BCUT2D eigenvalue weighted by Gasteiger charge is -2.29. The molecule has 0 radical (unpaired) electrons. The van der Waals surface area contributed by atoms with Crippen LogP contribution in [-0.2, 0) is 12.4 Å². The highest BCUT2D eigenvalue weighted by molar-refractivity contribution is 5.91. The number of anilines is 3. The predicted molar refractivity (Wildman–Crippen MR) is 111 cm³/mol. The maximum Gasteiger partial charge on any atom is 0.416 e. The molecule has 1 aliphatic rings. The van der Waals surface area contributed by atoms with E-state index in [0.717, 1.165) is 25.9 Å². The number of aromatic nitrogens is 3. The third-order valence-electron chi connectivity index (χ3n) is 5.40. The molecule has 3 heterocycles. The first kappa shape index (κ1) is 23.0. The molecule has 0 bridgehead atoms. The molecule has 0 unspecified atom stereocenters. The van der Waals surface area contributed by atoms with Crippen LogP contribution in [0.25, 0.3) is 10.9 Å². The van der Waals surface area contributed by atoms with E-state index in [1.54, 1.807) is 6.07 Å². The van der Waals surface area contributed by atoms with Crippen LogP contribution in [0.2, 0.25) is 0 Å². The average molecular weight is 470 g/mol. The van der Waals surface area contributed by atoms with Gasteiger partial charge >= 0.3 is 12.4 Å². The monoisotopic (exact) mass is 470 g/mol. The zero-order chi connectivity index (χ0) is 23.8. The maximum absolute atomic E-state index is 13.2. The number of fused-ring (bicyclic) bond motifs is 1. The summed E-state index contributed by atoms with van der Waals surface area (Å²) < 4.78 is 79.4. The van der Waals surface area contributed by atoms with Crippen molar-refractivity contribution >= 4 is 28.4 Å². The van der Waals surface area contributed by atoms with Crippen molar-refractivity contribution in [2.45, 2.75) is 31.2 Å². The van der Waals surface area contributed by atoms with Crippen LogP contribution in [0, 0.1) is 0 Å². The zero-order valence-electron chi connectivity index (χ0n) is 17.4. The van der Waals surface area contributed by atoms with Crippen molar-refractivity contribution in [1.82, 2.24) is 19.9 Å². The highest BCUT2D eigenvalue weighted by Crippen LogP contribution is 2.38. The molecule has 1 saturated heterocycles. The Kier molecular flexibility index (Phi) is 6.04. The summed E-state index contributed by atoms with van der Waals surface area (Å²) in [4.78, 5) is 14.9. The second-order valence-corrected chi connectivity index (χ2v) is 7.93. The summed E-state index contributed by atoms with van der Waals surface area (Å²) in [6.07, 6.45) is -5.32. The number of nitrogens with zero attached hydrogens (tertiary/aromatic N) is 4. The predicted octanol–water partition coefficient (Wildman–Crippen LogP) is 5.31. The molecule has 2 N–H and O–H groups in total. The maximum atomic E-state index is 13.2. The van der Waals surface area contributed by atoms with E-state index < -0.39 is 29.2 Å². The van der Waals surface area contributed by atoms with Crippen molar-refractivity contribution in [3.8, 4) is 0 Å². The van der Waals surface area contributed by atoms with Gasteiger partial charge in [0, 0.05) is 24.1 Å². The first-order chi connectivity index (χ1) is 15.5. The van der Waals surface area contributed by atoms with Crippen LogP contribution in [0.3, 0.4) is 0 Å². The molecule has 0 aliphatic carbocycles. The number of halogens is 6. The number of pyridine rings is 1. The van der Waals surface area contributed by atoms with Crippen LogP contribution < -0.4 is 10.6 Å². The van der Waals surface area contributed by atoms with Crippen LogP contribution in [0.1, 0.15) is 24.0 Å². The largest absolute Gasteiger partial charge is 0.416 e. The number of rotatable bonds is 4. The quantitative estimate of drug-likeness (QED) is 0.504. The molecule has 176 valence electrons. The molecule has 4 rings (SSSR count). The number of hydrogen-bond acceptors (Lipinski definition) is 6. The van der Waals surface area contributed by atoms with Gasteiger partial charge in [0.1, 0.15) is 5.82 Å². The van der Waals surface area contributed by atoms with E-state index in [1.807, 2.05) is 7.05 Å². The van der Waals surface area contributed by atoms with Gasteiger partial charge in [0.05, 0.1) is 22.0 Å². The van der Waals surface area contributed by atoms with E-state index >= 15 is 0 Å². The minimum absolute atomic E-state index is 0.0518. The van der Waals surface area contributed by atoms with Crippen LogP contribution in [-0.4, -0.2) is 46.0 Å². The van der Waals surface area contributed by atoms with Crippen LogP contribution in [0.15, 0.2) is 36.7 Å². The number of likely N-dealkylation sites (tertiary alicyclic amines) is 1. The topological polar surface area (TPSA) is 66.0 Å². The number of piperidine rings is 1. The molecule has 0 atom stereocenters. The van der Waals surface area contributed by atoms with Gasteiger partial charge in [-0.2, -0.15) is 31.3 Å². The molecule has 3 aromatic rings. The Morgan fingerprint density at radius 3 is 2.18 bits per heavy atom. The van der Waals surface area contributed by atoms with Gasteiger partial charge in [-0.1, -0.05) is 0 Å². The van der Waals surface area contributed by atoms with E-state index in [-0.39, 0.29) is 23.9 Å². The van der Waals surface area contributed by atoms with Crippen molar-refractivity contribution in [3.63, 3.8) is 0 Å². The lowest BCUT2D eigenvalue weighted by atomic mass is 10.1. The Labute approximate surface area is 185 Å². The summed E-state index contributed by atoms with van der Waals surface area (Å²) in [5, 5.41) is 6.20. The van der Waals surface area contributed by atoms with Crippen LogP contribution in [0.5, 0.6) is 0 Å². The van der Waals surface area contributed by atoms with Gasteiger partial charge in [-0.15, -0.1) is 0 Å². The second kappa shape index (κ2) is 8.65. The summed E-state index contributed by atoms with van der Waals surface area (Å²) in [6, 6.07) is 3.00. The molecule has 33 heavy (non-hydrogen) atoms. The normalized spacial score (nSPS) is 16.2. The summed E-state index contributed by atoms with van der Waals surface area (Å²) in [5.74, 6) is 0.282. The Balaban J connectivity index is 1.72. The van der Waals surface area contributed by atoms with Gasteiger partial charge in [-0.3, -0.25) is 4.98 Å². The zero-order valence-corrected chi connectivity index (χ0v) is 17.4. The van der Waals surface area contributed by atoms with E-state index in [0.29, 0.717) is 23.0 Å². The fourth-order valence-electron chi connectivity index (χ4n) is 3.63. The average Bonchev–Trinajstić information content (AvgIpc) is 2.74. The van der Waals surface area contributed by atoms with Crippen LogP contribution >= 0.6 is 0 Å². The minimum Gasteiger partial charge on any atom is -0.351 e. The summed E-state index contributed by atoms with van der Waals surface area (Å²) in [7, 11) is 2.02. The molecule has 12 heteroatoms. The molecular weight excluding hydrogens is 450 g/mol. The summed E-state index contributed by atoms with van der Waals surface area (Å²) in [6.45, 7) is 1.76. The molecule has 1 fully saturated rings. The first-order valence-corrected chi connectivity index (χ1v) is 10.1.